The number of benzene rings is 2. The first-order valence-corrected chi connectivity index (χ1v) is 10.1. The van der Waals surface area contributed by atoms with Crippen molar-refractivity contribution < 1.29 is 22.9 Å². The van der Waals surface area contributed by atoms with Crippen LogP contribution in [0.1, 0.15) is 24.2 Å². The van der Waals surface area contributed by atoms with Crippen LogP contribution in [-0.4, -0.2) is 34.6 Å². The van der Waals surface area contributed by atoms with Crippen LogP contribution in [0.5, 0.6) is 0 Å². The number of nitrogens with zero attached hydrogens (tertiary/aromatic N) is 2. The van der Waals surface area contributed by atoms with E-state index in [0.29, 0.717) is 5.52 Å². The van der Waals surface area contributed by atoms with Crippen molar-refractivity contribution in [3.05, 3.63) is 66.0 Å². The molecule has 5 nitrogen and oxygen atoms in total. The number of para-hydroxylation sites is 2. The number of nitrogens with one attached hydrogen (secondary N) is 2. The lowest BCUT2D eigenvalue weighted by Crippen LogP contribution is -3.12. The second-order valence-corrected chi connectivity index (χ2v) is 7.76. The molecule has 2 heterocycles. The maximum absolute atomic E-state index is 13.4. The summed E-state index contributed by atoms with van der Waals surface area (Å²) in [7, 11) is 0. The first kappa shape index (κ1) is 20.4. The molecule has 1 saturated heterocycles. The van der Waals surface area contributed by atoms with E-state index in [9.17, 15) is 18.0 Å². The topological polar surface area (TPSA) is 51.4 Å². The van der Waals surface area contributed by atoms with Gasteiger partial charge in [-0.2, -0.15) is 13.2 Å². The Balaban J connectivity index is 1.37. The zero-order valence-electron chi connectivity index (χ0n) is 16.5. The summed E-state index contributed by atoms with van der Waals surface area (Å²) in [6, 6.07) is 16.6. The van der Waals surface area contributed by atoms with E-state index in [-0.39, 0.29) is 11.6 Å². The summed E-state index contributed by atoms with van der Waals surface area (Å²) in [5, 5.41) is 2.92. The third kappa shape index (κ3) is 4.64. The van der Waals surface area contributed by atoms with Crippen LogP contribution < -0.4 is 10.2 Å². The smallest absolute Gasteiger partial charge is 0.351 e. The van der Waals surface area contributed by atoms with Gasteiger partial charge in [0, 0.05) is 24.4 Å². The summed E-state index contributed by atoms with van der Waals surface area (Å²) in [6.07, 6.45) is -3.00. The highest BCUT2D eigenvalue weighted by Gasteiger charge is 2.38. The van der Waals surface area contributed by atoms with Gasteiger partial charge in [0.2, 0.25) is 11.7 Å². The molecule has 2 aromatic carbocycles. The SMILES string of the molecule is O=C(Cn1c(C(F)(F)F)nc2ccccc21)NC1CC[NH+](Cc2ccccc2)CC1. The fourth-order valence-electron chi connectivity index (χ4n) is 4.10. The van der Waals surface area contributed by atoms with Gasteiger partial charge in [-0.1, -0.05) is 42.5 Å². The quantitative estimate of drug-likeness (QED) is 0.670. The third-order valence-corrected chi connectivity index (χ3v) is 5.56. The second kappa shape index (κ2) is 8.47. The maximum atomic E-state index is 13.4. The summed E-state index contributed by atoms with van der Waals surface area (Å²) >= 11 is 0. The zero-order valence-corrected chi connectivity index (χ0v) is 16.5. The van der Waals surface area contributed by atoms with Crippen LogP contribution in [0, 0.1) is 0 Å². The summed E-state index contributed by atoms with van der Waals surface area (Å²) in [5.41, 5.74) is 1.82. The number of carbonyl (C=O) groups excluding carboxylic acids is 1. The van der Waals surface area contributed by atoms with Crippen molar-refractivity contribution in [2.75, 3.05) is 13.1 Å². The monoisotopic (exact) mass is 417 g/mol. The molecular formula is C22H24F3N4O+. The number of halogens is 3. The molecule has 1 aromatic heterocycles. The number of aromatic nitrogens is 2. The Morgan fingerprint density at radius 2 is 1.73 bits per heavy atom. The van der Waals surface area contributed by atoms with E-state index in [1.807, 2.05) is 18.2 Å². The van der Waals surface area contributed by atoms with E-state index < -0.39 is 24.5 Å². The second-order valence-electron chi connectivity index (χ2n) is 7.76. The van der Waals surface area contributed by atoms with Gasteiger partial charge in [-0.25, -0.2) is 4.98 Å². The normalized spacial score (nSPS) is 19.7. The first-order chi connectivity index (χ1) is 14.4. The number of hydrogen-bond donors (Lipinski definition) is 2. The van der Waals surface area contributed by atoms with Crippen LogP contribution in [-0.2, 0) is 24.1 Å². The number of quaternary nitrogens is 1. The van der Waals surface area contributed by atoms with Crippen molar-refractivity contribution in [2.45, 2.75) is 38.1 Å². The number of piperidine rings is 1. The van der Waals surface area contributed by atoms with Crippen molar-refractivity contribution in [1.82, 2.24) is 14.9 Å². The summed E-state index contributed by atoms with van der Waals surface area (Å²) in [4.78, 5) is 17.7. The van der Waals surface area contributed by atoms with Crippen molar-refractivity contribution in [3.63, 3.8) is 0 Å². The summed E-state index contributed by atoms with van der Waals surface area (Å²) in [5.74, 6) is -1.46. The van der Waals surface area contributed by atoms with Gasteiger partial charge in [0.05, 0.1) is 24.1 Å². The average molecular weight is 417 g/mol. The number of alkyl halides is 3. The van der Waals surface area contributed by atoms with Crippen molar-refractivity contribution in [3.8, 4) is 0 Å². The molecule has 0 atom stereocenters. The molecule has 1 aliphatic rings. The lowest BCUT2D eigenvalue weighted by molar-refractivity contribution is -0.918. The Morgan fingerprint density at radius 3 is 2.43 bits per heavy atom. The number of rotatable bonds is 5. The molecule has 4 rings (SSSR count). The number of likely N-dealkylation sites (tertiary alicyclic amines) is 1. The molecule has 0 bridgehead atoms. The molecule has 158 valence electrons. The Morgan fingerprint density at radius 1 is 1.07 bits per heavy atom. The van der Waals surface area contributed by atoms with E-state index in [1.165, 1.54) is 16.5 Å². The molecule has 3 aromatic rings. The predicted molar refractivity (Wildman–Crippen MR) is 107 cm³/mol. The molecule has 0 aliphatic carbocycles. The molecular weight excluding hydrogens is 393 g/mol. The number of imidazole rings is 1. The molecule has 1 amide bonds. The highest BCUT2D eigenvalue weighted by atomic mass is 19.4. The van der Waals surface area contributed by atoms with E-state index >= 15 is 0 Å². The van der Waals surface area contributed by atoms with E-state index in [0.717, 1.165) is 37.0 Å². The fraction of sp³-hybridized carbons (Fsp3) is 0.364. The van der Waals surface area contributed by atoms with Crippen LogP contribution in [0.4, 0.5) is 13.2 Å². The van der Waals surface area contributed by atoms with E-state index in [1.54, 1.807) is 18.2 Å². The van der Waals surface area contributed by atoms with Crippen molar-refractivity contribution >= 4 is 16.9 Å². The minimum absolute atomic E-state index is 0.0128. The Labute approximate surface area is 172 Å². The van der Waals surface area contributed by atoms with Gasteiger partial charge in [0.1, 0.15) is 13.1 Å². The van der Waals surface area contributed by atoms with Crippen molar-refractivity contribution in [1.29, 1.82) is 0 Å². The highest BCUT2D eigenvalue weighted by molar-refractivity contribution is 5.81. The molecule has 30 heavy (non-hydrogen) atoms. The van der Waals surface area contributed by atoms with Crippen molar-refractivity contribution in [2.24, 2.45) is 0 Å². The van der Waals surface area contributed by atoms with Crippen LogP contribution in [0.15, 0.2) is 54.6 Å². The van der Waals surface area contributed by atoms with Gasteiger partial charge >= 0.3 is 6.18 Å². The highest BCUT2D eigenvalue weighted by Crippen LogP contribution is 2.31. The largest absolute Gasteiger partial charge is 0.449 e. The Bertz CT molecular complexity index is 1010. The van der Waals surface area contributed by atoms with Gasteiger partial charge in [-0.15, -0.1) is 0 Å². The Hall–Kier alpha value is -2.87. The van der Waals surface area contributed by atoms with Crippen LogP contribution in [0.3, 0.4) is 0 Å². The van der Waals surface area contributed by atoms with Gasteiger partial charge < -0.3 is 14.8 Å². The predicted octanol–water partition coefficient (Wildman–Crippen LogP) is 2.42. The molecule has 2 N–H and O–H groups in total. The lowest BCUT2D eigenvalue weighted by Gasteiger charge is -2.30. The fourth-order valence-corrected chi connectivity index (χ4v) is 4.10. The number of carbonyl (C=O) groups is 1. The number of hydrogen-bond acceptors (Lipinski definition) is 2. The van der Waals surface area contributed by atoms with Crippen LogP contribution in [0.2, 0.25) is 0 Å². The molecule has 0 saturated carbocycles. The molecule has 1 aliphatic heterocycles. The first-order valence-electron chi connectivity index (χ1n) is 10.1. The lowest BCUT2D eigenvalue weighted by atomic mass is 10.0. The molecule has 0 radical (unpaired) electrons. The molecule has 0 unspecified atom stereocenters. The van der Waals surface area contributed by atoms with Gasteiger partial charge in [0.15, 0.2) is 0 Å². The maximum Gasteiger partial charge on any atom is 0.449 e. The van der Waals surface area contributed by atoms with Gasteiger partial charge in [0.25, 0.3) is 0 Å². The summed E-state index contributed by atoms with van der Waals surface area (Å²) in [6.45, 7) is 2.38. The van der Waals surface area contributed by atoms with Crippen LogP contribution >= 0.6 is 0 Å². The van der Waals surface area contributed by atoms with Crippen LogP contribution in [0.25, 0.3) is 11.0 Å². The van der Waals surface area contributed by atoms with Gasteiger partial charge in [-0.05, 0) is 12.1 Å². The minimum atomic E-state index is -4.62. The van der Waals surface area contributed by atoms with E-state index in [4.69, 9.17) is 0 Å². The van der Waals surface area contributed by atoms with E-state index in [2.05, 4.69) is 22.4 Å². The summed E-state index contributed by atoms with van der Waals surface area (Å²) < 4.78 is 41.2. The molecule has 8 heteroatoms. The average Bonchev–Trinajstić information content (AvgIpc) is 3.09. The molecule has 1 fully saturated rings. The minimum Gasteiger partial charge on any atom is -0.351 e. The Kier molecular flexibility index (Phi) is 5.76. The third-order valence-electron chi connectivity index (χ3n) is 5.56. The number of fused-ring (bicyclic) bond motifs is 1. The molecule has 0 spiro atoms. The number of amides is 1. The van der Waals surface area contributed by atoms with Gasteiger partial charge in [-0.3, -0.25) is 4.79 Å². The zero-order chi connectivity index (χ0) is 21.1. The standard InChI is InChI=1S/C22H23F3N4O/c23-22(24,25)21-27-18-8-4-5-9-19(18)29(21)15-20(30)26-17-10-12-28(13-11-17)14-16-6-2-1-3-7-16/h1-9,17H,10-15H2,(H,26,30)/p+1.